The lowest BCUT2D eigenvalue weighted by molar-refractivity contribution is -0.0516. The van der Waals surface area contributed by atoms with Crippen molar-refractivity contribution in [3.05, 3.63) is 0 Å². The van der Waals surface area contributed by atoms with Crippen LogP contribution in [-0.2, 0) is 4.74 Å². The van der Waals surface area contributed by atoms with Gasteiger partial charge in [-0.3, -0.25) is 9.80 Å². The van der Waals surface area contributed by atoms with Crippen LogP contribution in [0.5, 0.6) is 0 Å². The van der Waals surface area contributed by atoms with Gasteiger partial charge in [0.2, 0.25) is 0 Å². The highest BCUT2D eigenvalue weighted by molar-refractivity contribution is 4.79. The molecule has 2 aliphatic heterocycles. The fourth-order valence-electron chi connectivity index (χ4n) is 3.36. The number of rotatable bonds is 6. The van der Waals surface area contributed by atoms with Gasteiger partial charge in [0.15, 0.2) is 0 Å². The molecule has 5 heteroatoms. The van der Waals surface area contributed by atoms with Crippen molar-refractivity contribution in [3.8, 4) is 0 Å². The molecule has 0 spiro atoms. The second-order valence-corrected chi connectivity index (χ2v) is 6.72. The molecular weight excluding hydrogens is 264 g/mol. The van der Waals surface area contributed by atoms with Crippen molar-refractivity contribution in [1.29, 1.82) is 0 Å². The van der Waals surface area contributed by atoms with Gasteiger partial charge in [-0.2, -0.15) is 0 Å². The monoisotopic (exact) mass is 298 g/mol. The van der Waals surface area contributed by atoms with Crippen molar-refractivity contribution < 1.29 is 4.74 Å². The summed E-state index contributed by atoms with van der Waals surface area (Å²) in [6.07, 6.45) is 2.78. The van der Waals surface area contributed by atoms with Crippen LogP contribution in [0.3, 0.4) is 0 Å². The highest BCUT2D eigenvalue weighted by Gasteiger charge is 2.25. The molecule has 1 atom stereocenters. The summed E-state index contributed by atoms with van der Waals surface area (Å²) in [5, 5.41) is 0. The minimum absolute atomic E-state index is 0.386. The largest absolute Gasteiger partial charge is 0.374 e. The Bertz CT molecular complexity index is 287. The molecule has 0 aliphatic carbocycles. The number of nitrogens with zero attached hydrogens (tertiary/aromatic N) is 3. The van der Waals surface area contributed by atoms with Gasteiger partial charge in [-0.15, -0.1) is 0 Å². The Kier molecular flexibility index (Phi) is 7.40. The van der Waals surface area contributed by atoms with E-state index in [2.05, 4.69) is 28.5 Å². The van der Waals surface area contributed by atoms with E-state index in [-0.39, 0.29) is 0 Å². The molecule has 0 amide bonds. The topological polar surface area (TPSA) is 45.0 Å². The van der Waals surface area contributed by atoms with Crippen LogP contribution in [0, 0.1) is 0 Å². The van der Waals surface area contributed by atoms with Gasteiger partial charge in [-0.25, -0.2) is 0 Å². The summed E-state index contributed by atoms with van der Waals surface area (Å²) in [5.41, 5.74) is 5.61. The Hall–Kier alpha value is -0.200. The van der Waals surface area contributed by atoms with Crippen LogP contribution in [0.1, 0.15) is 26.7 Å². The van der Waals surface area contributed by atoms with Crippen LogP contribution < -0.4 is 5.73 Å². The van der Waals surface area contributed by atoms with E-state index < -0.39 is 0 Å². The normalized spacial score (nSPS) is 27.1. The van der Waals surface area contributed by atoms with Crippen LogP contribution in [0.4, 0.5) is 0 Å². The maximum atomic E-state index is 5.98. The van der Waals surface area contributed by atoms with Gasteiger partial charge in [-0.05, 0) is 52.9 Å². The van der Waals surface area contributed by atoms with Crippen molar-refractivity contribution in [2.75, 3.05) is 65.5 Å². The molecule has 2 heterocycles. The van der Waals surface area contributed by atoms with E-state index >= 15 is 0 Å². The summed E-state index contributed by atoms with van der Waals surface area (Å²) in [4.78, 5) is 7.70. The summed E-state index contributed by atoms with van der Waals surface area (Å²) in [6, 6.07) is 0.632. The fourth-order valence-corrected chi connectivity index (χ4v) is 3.36. The summed E-state index contributed by atoms with van der Waals surface area (Å²) < 4.78 is 5.98. The van der Waals surface area contributed by atoms with E-state index in [1.807, 2.05) is 0 Å². The lowest BCUT2D eigenvalue weighted by atomic mass is 10.2. The maximum absolute atomic E-state index is 5.98. The molecule has 2 fully saturated rings. The van der Waals surface area contributed by atoms with Crippen LogP contribution in [-0.4, -0.2) is 92.4 Å². The number of morpholine rings is 1. The Morgan fingerprint density at radius 1 is 1.10 bits per heavy atom. The quantitative estimate of drug-likeness (QED) is 0.771. The Balaban J connectivity index is 1.72. The van der Waals surface area contributed by atoms with Gasteiger partial charge in [0.1, 0.15) is 0 Å². The van der Waals surface area contributed by atoms with Crippen molar-refractivity contribution >= 4 is 0 Å². The van der Waals surface area contributed by atoms with Crippen molar-refractivity contribution in [3.63, 3.8) is 0 Å². The molecule has 0 bridgehead atoms. The average molecular weight is 298 g/mol. The van der Waals surface area contributed by atoms with E-state index in [0.29, 0.717) is 12.1 Å². The number of ether oxygens (including phenoxy) is 1. The second kappa shape index (κ2) is 9.06. The molecule has 5 nitrogen and oxygen atoms in total. The summed E-state index contributed by atoms with van der Waals surface area (Å²) in [6.45, 7) is 15.5. The minimum Gasteiger partial charge on any atom is -0.374 e. The van der Waals surface area contributed by atoms with Crippen LogP contribution >= 0.6 is 0 Å². The molecule has 0 aromatic carbocycles. The number of hydrogen-bond donors (Lipinski definition) is 1. The van der Waals surface area contributed by atoms with Gasteiger partial charge in [0, 0.05) is 38.8 Å². The van der Waals surface area contributed by atoms with Gasteiger partial charge < -0.3 is 15.4 Å². The first kappa shape index (κ1) is 17.2. The number of hydrogen-bond acceptors (Lipinski definition) is 5. The molecule has 0 aromatic rings. The van der Waals surface area contributed by atoms with Crippen LogP contribution in [0.15, 0.2) is 0 Å². The molecular formula is C16H34N4O. The lowest BCUT2D eigenvalue weighted by Gasteiger charge is -2.37. The van der Waals surface area contributed by atoms with Gasteiger partial charge >= 0.3 is 0 Å². The molecule has 2 rings (SSSR count). The molecule has 21 heavy (non-hydrogen) atoms. The zero-order valence-corrected chi connectivity index (χ0v) is 14.0. The predicted octanol–water partition coefficient (Wildman–Crippen LogP) is 0.452. The summed E-state index contributed by atoms with van der Waals surface area (Å²) >= 11 is 0. The first-order valence-electron chi connectivity index (χ1n) is 8.69. The second-order valence-electron chi connectivity index (χ2n) is 6.72. The number of nitrogens with two attached hydrogens (primary N) is 1. The third-order valence-corrected chi connectivity index (χ3v) is 4.72. The van der Waals surface area contributed by atoms with Gasteiger partial charge in [0.05, 0.1) is 12.7 Å². The highest BCUT2D eigenvalue weighted by atomic mass is 16.5. The standard InChI is InChI=1S/C16H34N4O/c1-15(2)20-11-12-21-16(14-20)13-19-8-4-7-18(9-10-19)6-3-5-17/h15-16H,3-14,17H2,1-2H3. The third kappa shape index (κ3) is 5.83. The van der Waals surface area contributed by atoms with Crippen LogP contribution in [0.25, 0.3) is 0 Å². The van der Waals surface area contributed by atoms with E-state index in [1.54, 1.807) is 0 Å². The SMILES string of the molecule is CC(C)N1CCOC(CN2CCCN(CCCN)CC2)C1. The van der Waals surface area contributed by atoms with Crippen molar-refractivity contribution in [2.24, 2.45) is 5.73 Å². The van der Waals surface area contributed by atoms with E-state index in [1.165, 1.54) is 32.6 Å². The summed E-state index contributed by atoms with van der Waals surface area (Å²) in [5.74, 6) is 0. The molecule has 2 N–H and O–H groups in total. The van der Waals surface area contributed by atoms with Crippen LogP contribution in [0.2, 0.25) is 0 Å². The first-order valence-corrected chi connectivity index (χ1v) is 8.69. The molecule has 0 saturated carbocycles. The zero-order chi connectivity index (χ0) is 15.1. The van der Waals surface area contributed by atoms with Gasteiger partial charge in [-0.1, -0.05) is 0 Å². The lowest BCUT2D eigenvalue weighted by Crippen LogP contribution is -2.50. The Morgan fingerprint density at radius 2 is 1.86 bits per heavy atom. The highest BCUT2D eigenvalue weighted by Crippen LogP contribution is 2.12. The molecule has 2 saturated heterocycles. The summed E-state index contributed by atoms with van der Waals surface area (Å²) in [7, 11) is 0. The van der Waals surface area contributed by atoms with Gasteiger partial charge in [0.25, 0.3) is 0 Å². The molecule has 0 aromatic heterocycles. The third-order valence-electron chi connectivity index (χ3n) is 4.72. The minimum atomic E-state index is 0.386. The predicted molar refractivity (Wildman–Crippen MR) is 87.6 cm³/mol. The van der Waals surface area contributed by atoms with E-state index in [4.69, 9.17) is 10.5 Å². The fraction of sp³-hybridized carbons (Fsp3) is 1.00. The Morgan fingerprint density at radius 3 is 2.62 bits per heavy atom. The van der Waals surface area contributed by atoms with E-state index in [9.17, 15) is 0 Å². The zero-order valence-electron chi connectivity index (χ0n) is 14.0. The maximum Gasteiger partial charge on any atom is 0.0829 e. The van der Waals surface area contributed by atoms with Crippen molar-refractivity contribution in [1.82, 2.24) is 14.7 Å². The average Bonchev–Trinajstić information content (AvgIpc) is 2.71. The molecule has 124 valence electrons. The first-order chi connectivity index (χ1) is 10.2. The molecule has 2 aliphatic rings. The molecule has 1 unspecified atom stereocenters. The smallest absolute Gasteiger partial charge is 0.0829 e. The molecule has 0 radical (unpaired) electrons. The Labute approximate surface area is 130 Å². The van der Waals surface area contributed by atoms with Crippen molar-refractivity contribution in [2.45, 2.75) is 38.8 Å². The van der Waals surface area contributed by atoms with E-state index in [0.717, 1.165) is 45.8 Å².